The summed E-state index contributed by atoms with van der Waals surface area (Å²) in [5, 5.41) is 3.59. The van der Waals surface area contributed by atoms with Crippen molar-refractivity contribution in [3.05, 3.63) is 46.8 Å². The molecule has 1 aromatic rings. The van der Waals surface area contributed by atoms with Gasteiger partial charge in [0.2, 0.25) is 0 Å². The van der Waals surface area contributed by atoms with E-state index in [4.69, 9.17) is 11.6 Å². The van der Waals surface area contributed by atoms with Gasteiger partial charge < -0.3 is 5.32 Å². The number of hydrogen-bond acceptors (Lipinski definition) is 1. The van der Waals surface area contributed by atoms with E-state index < -0.39 is 0 Å². The molecule has 0 amide bonds. The molecule has 0 radical (unpaired) electrons. The Morgan fingerprint density at radius 1 is 1.60 bits per heavy atom. The van der Waals surface area contributed by atoms with Crippen molar-refractivity contribution in [3.63, 3.8) is 0 Å². The lowest BCUT2D eigenvalue weighted by Crippen LogP contribution is -2.22. The van der Waals surface area contributed by atoms with Crippen molar-refractivity contribution in [2.45, 2.75) is 19.9 Å². The molecule has 1 rings (SSSR count). The molecule has 1 atom stereocenters. The summed E-state index contributed by atoms with van der Waals surface area (Å²) < 4.78 is 13.6. The number of benzene rings is 1. The van der Waals surface area contributed by atoms with E-state index in [1.807, 2.05) is 13.8 Å². The summed E-state index contributed by atoms with van der Waals surface area (Å²) in [6.07, 6.45) is 0. The average molecular weight is 228 g/mol. The molecule has 0 aliphatic heterocycles. The number of likely N-dealkylation sites (N-methyl/N-ethyl adjacent to an activating group) is 1. The molecule has 0 aromatic heterocycles. The monoisotopic (exact) mass is 227 g/mol. The standard InChI is InChI=1S/C12H15ClFN/c1-4-15-12(8(2)3)10-6-5-9(13)7-11(10)14/h5-7,12,15H,2,4H2,1,3H3. The van der Waals surface area contributed by atoms with Gasteiger partial charge in [-0.25, -0.2) is 4.39 Å². The van der Waals surface area contributed by atoms with E-state index in [1.165, 1.54) is 6.07 Å². The molecule has 0 fully saturated rings. The van der Waals surface area contributed by atoms with E-state index >= 15 is 0 Å². The van der Waals surface area contributed by atoms with Gasteiger partial charge in [-0.15, -0.1) is 0 Å². The van der Waals surface area contributed by atoms with Gasteiger partial charge in [-0.05, 0) is 25.6 Å². The highest BCUT2D eigenvalue weighted by atomic mass is 35.5. The topological polar surface area (TPSA) is 12.0 Å². The number of hydrogen-bond donors (Lipinski definition) is 1. The van der Waals surface area contributed by atoms with Crippen LogP contribution in [0.5, 0.6) is 0 Å². The van der Waals surface area contributed by atoms with Crippen LogP contribution in [0.1, 0.15) is 25.5 Å². The van der Waals surface area contributed by atoms with E-state index in [9.17, 15) is 4.39 Å². The zero-order valence-electron chi connectivity index (χ0n) is 8.98. The second-order valence-electron chi connectivity index (χ2n) is 3.50. The fourth-order valence-corrected chi connectivity index (χ4v) is 1.65. The van der Waals surface area contributed by atoms with Crippen LogP contribution in [-0.2, 0) is 0 Å². The van der Waals surface area contributed by atoms with Crippen LogP contribution in [0.3, 0.4) is 0 Å². The summed E-state index contributed by atoms with van der Waals surface area (Å²) in [7, 11) is 0. The van der Waals surface area contributed by atoms with E-state index in [1.54, 1.807) is 12.1 Å². The van der Waals surface area contributed by atoms with Gasteiger partial charge >= 0.3 is 0 Å². The second kappa shape index (κ2) is 5.29. The van der Waals surface area contributed by atoms with E-state index in [2.05, 4.69) is 11.9 Å². The third-order valence-electron chi connectivity index (χ3n) is 2.17. The van der Waals surface area contributed by atoms with Crippen molar-refractivity contribution in [1.29, 1.82) is 0 Å². The highest BCUT2D eigenvalue weighted by Gasteiger charge is 2.15. The van der Waals surface area contributed by atoms with Crippen molar-refractivity contribution >= 4 is 11.6 Å². The van der Waals surface area contributed by atoms with E-state index in [0.29, 0.717) is 10.6 Å². The molecule has 1 N–H and O–H groups in total. The summed E-state index contributed by atoms with van der Waals surface area (Å²) in [6, 6.07) is 4.56. The molecule has 0 heterocycles. The summed E-state index contributed by atoms with van der Waals surface area (Å²) in [5.74, 6) is -0.295. The molecule has 3 heteroatoms. The summed E-state index contributed by atoms with van der Waals surface area (Å²) in [6.45, 7) is 8.47. The molecule has 82 valence electrons. The van der Waals surface area contributed by atoms with Crippen molar-refractivity contribution < 1.29 is 4.39 Å². The van der Waals surface area contributed by atoms with Gasteiger partial charge in [0.15, 0.2) is 0 Å². The van der Waals surface area contributed by atoms with Crippen molar-refractivity contribution in [3.8, 4) is 0 Å². The summed E-state index contributed by atoms with van der Waals surface area (Å²) in [4.78, 5) is 0. The maximum Gasteiger partial charge on any atom is 0.129 e. The van der Waals surface area contributed by atoms with Gasteiger partial charge in [-0.1, -0.05) is 36.7 Å². The minimum Gasteiger partial charge on any atom is -0.307 e. The van der Waals surface area contributed by atoms with Crippen LogP contribution in [0.2, 0.25) is 5.02 Å². The van der Waals surface area contributed by atoms with Crippen molar-refractivity contribution in [2.75, 3.05) is 6.54 Å². The first-order chi connectivity index (χ1) is 7.06. The number of rotatable bonds is 4. The van der Waals surface area contributed by atoms with Crippen LogP contribution in [0.4, 0.5) is 4.39 Å². The molecule has 0 spiro atoms. The Hall–Kier alpha value is -0.860. The molecule has 1 unspecified atom stereocenters. The maximum absolute atomic E-state index is 13.6. The Morgan fingerprint density at radius 3 is 2.73 bits per heavy atom. The Morgan fingerprint density at radius 2 is 2.27 bits per heavy atom. The predicted molar refractivity (Wildman–Crippen MR) is 62.6 cm³/mol. The van der Waals surface area contributed by atoms with Crippen molar-refractivity contribution in [1.82, 2.24) is 5.32 Å². The maximum atomic E-state index is 13.6. The zero-order chi connectivity index (χ0) is 11.4. The van der Waals surface area contributed by atoms with E-state index in [0.717, 1.165) is 12.1 Å². The molecule has 0 bridgehead atoms. The van der Waals surface area contributed by atoms with Gasteiger partial charge in [-0.3, -0.25) is 0 Å². The lowest BCUT2D eigenvalue weighted by atomic mass is 10.0. The van der Waals surface area contributed by atoms with Crippen LogP contribution in [0.25, 0.3) is 0 Å². The molecule has 15 heavy (non-hydrogen) atoms. The Balaban J connectivity index is 3.05. The SMILES string of the molecule is C=C(C)C(NCC)c1ccc(Cl)cc1F. The molecule has 0 aliphatic rings. The van der Waals surface area contributed by atoms with Crippen LogP contribution in [-0.4, -0.2) is 6.54 Å². The van der Waals surface area contributed by atoms with Crippen molar-refractivity contribution in [2.24, 2.45) is 0 Å². The Kier molecular flexibility index (Phi) is 4.30. The Bertz CT molecular complexity index is 363. The largest absolute Gasteiger partial charge is 0.307 e. The minimum atomic E-state index is -0.295. The third-order valence-corrected chi connectivity index (χ3v) is 2.41. The van der Waals surface area contributed by atoms with Crippen LogP contribution >= 0.6 is 11.6 Å². The fraction of sp³-hybridized carbons (Fsp3) is 0.333. The highest BCUT2D eigenvalue weighted by Crippen LogP contribution is 2.24. The molecule has 0 saturated heterocycles. The lowest BCUT2D eigenvalue weighted by Gasteiger charge is -2.19. The van der Waals surface area contributed by atoms with Gasteiger partial charge in [0, 0.05) is 10.6 Å². The molecule has 0 aliphatic carbocycles. The molecule has 1 aromatic carbocycles. The smallest absolute Gasteiger partial charge is 0.129 e. The van der Waals surface area contributed by atoms with Gasteiger partial charge in [-0.2, -0.15) is 0 Å². The first kappa shape index (κ1) is 12.2. The molecule has 1 nitrogen and oxygen atoms in total. The Labute approximate surface area is 95.0 Å². The number of nitrogens with one attached hydrogen (secondary N) is 1. The van der Waals surface area contributed by atoms with Gasteiger partial charge in [0.1, 0.15) is 5.82 Å². The minimum absolute atomic E-state index is 0.146. The average Bonchev–Trinajstić information content (AvgIpc) is 2.15. The zero-order valence-corrected chi connectivity index (χ0v) is 9.74. The number of halogens is 2. The normalized spacial score (nSPS) is 12.5. The predicted octanol–water partition coefficient (Wildman–Crippen LogP) is 3.71. The first-order valence-corrected chi connectivity index (χ1v) is 5.27. The highest BCUT2D eigenvalue weighted by molar-refractivity contribution is 6.30. The second-order valence-corrected chi connectivity index (χ2v) is 3.94. The molecular formula is C12H15ClFN. The summed E-state index contributed by atoms with van der Waals surface area (Å²) >= 11 is 5.70. The van der Waals surface area contributed by atoms with Gasteiger partial charge in [0.05, 0.1) is 6.04 Å². The fourth-order valence-electron chi connectivity index (χ4n) is 1.49. The van der Waals surface area contributed by atoms with E-state index in [-0.39, 0.29) is 11.9 Å². The van der Waals surface area contributed by atoms with Crippen LogP contribution < -0.4 is 5.32 Å². The molecule has 0 saturated carbocycles. The van der Waals surface area contributed by atoms with Crippen LogP contribution in [0, 0.1) is 5.82 Å². The van der Waals surface area contributed by atoms with Gasteiger partial charge in [0.25, 0.3) is 0 Å². The summed E-state index contributed by atoms with van der Waals surface area (Å²) in [5.41, 5.74) is 1.48. The quantitative estimate of drug-likeness (QED) is 0.774. The first-order valence-electron chi connectivity index (χ1n) is 4.90. The lowest BCUT2D eigenvalue weighted by molar-refractivity contribution is 0.554. The van der Waals surface area contributed by atoms with Crippen LogP contribution in [0.15, 0.2) is 30.4 Å². The molecular weight excluding hydrogens is 213 g/mol. The third kappa shape index (κ3) is 3.05.